The molecule has 0 radical (unpaired) electrons. The van der Waals surface area contributed by atoms with Crippen LogP contribution in [-0.2, 0) is 19.6 Å². The largest absolute Gasteiger partial charge is 0.493 e. The highest BCUT2D eigenvalue weighted by Crippen LogP contribution is 2.35. The van der Waals surface area contributed by atoms with E-state index in [-0.39, 0.29) is 22.5 Å². The highest BCUT2D eigenvalue weighted by Gasteiger charge is 2.34. The van der Waals surface area contributed by atoms with Gasteiger partial charge in [0.15, 0.2) is 16.7 Å². The molecule has 194 valence electrons. The van der Waals surface area contributed by atoms with Gasteiger partial charge < -0.3 is 14.2 Å². The molecule has 1 saturated heterocycles. The fourth-order valence-corrected chi connectivity index (χ4v) is 5.69. The Balaban J connectivity index is 1.88. The molecule has 0 N–H and O–H groups in total. The molecule has 1 aliphatic rings. The Labute approximate surface area is 217 Å². The fraction of sp³-hybridized carbons (Fsp3) is 0.385. The second-order valence-electron chi connectivity index (χ2n) is 8.04. The average Bonchev–Trinajstić information content (AvgIpc) is 3.16. The molecule has 2 aromatic rings. The Morgan fingerprint density at radius 1 is 1.00 bits per heavy atom. The summed E-state index contributed by atoms with van der Waals surface area (Å²) in [6, 6.07) is 13.4. The Morgan fingerprint density at radius 2 is 1.78 bits per heavy atom. The number of carbonyl (C=O) groups is 1. The van der Waals surface area contributed by atoms with E-state index in [2.05, 4.69) is 11.3 Å². The highest BCUT2D eigenvalue weighted by atomic mass is 32.2. The smallest absolute Gasteiger partial charge is 0.284 e. The van der Waals surface area contributed by atoms with Crippen molar-refractivity contribution in [1.82, 2.24) is 4.90 Å². The third kappa shape index (κ3) is 7.35. The van der Waals surface area contributed by atoms with E-state index in [1.165, 1.54) is 17.0 Å². The first-order chi connectivity index (χ1) is 17.4. The zero-order valence-corrected chi connectivity index (χ0v) is 22.4. The molecule has 0 unspecified atom stereocenters. The number of hydrogen-bond acceptors (Lipinski definition) is 7. The van der Waals surface area contributed by atoms with Crippen molar-refractivity contribution in [3.05, 3.63) is 59.0 Å². The van der Waals surface area contributed by atoms with Gasteiger partial charge in [0.05, 0.1) is 23.5 Å². The SMILES string of the molecule is CCCCCOc1ccc(/C=C2\S/C(=N/S(=O)(=O)c3ccccc3)N(CCCOC)C2=O)cc1OC. The minimum absolute atomic E-state index is 0.0686. The molecule has 0 aliphatic carbocycles. The van der Waals surface area contributed by atoms with Crippen LogP contribution in [-0.4, -0.2) is 58.4 Å². The van der Waals surface area contributed by atoms with Gasteiger partial charge in [-0.05, 0) is 60.5 Å². The minimum atomic E-state index is -3.98. The molecule has 0 spiro atoms. The lowest BCUT2D eigenvalue weighted by atomic mass is 10.2. The predicted octanol–water partition coefficient (Wildman–Crippen LogP) is 4.96. The molecule has 3 rings (SSSR count). The van der Waals surface area contributed by atoms with Gasteiger partial charge >= 0.3 is 0 Å². The molecule has 0 aromatic heterocycles. The number of rotatable bonds is 13. The average molecular weight is 533 g/mol. The summed E-state index contributed by atoms with van der Waals surface area (Å²) in [5.74, 6) is 0.893. The summed E-state index contributed by atoms with van der Waals surface area (Å²) >= 11 is 1.03. The Bertz CT molecular complexity index is 1200. The van der Waals surface area contributed by atoms with Crippen molar-refractivity contribution in [3.8, 4) is 11.5 Å². The first-order valence-electron chi connectivity index (χ1n) is 11.8. The van der Waals surface area contributed by atoms with Crippen molar-refractivity contribution in [1.29, 1.82) is 0 Å². The number of unbranched alkanes of at least 4 members (excludes halogenated alkanes) is 2. The lowest BCUT2D eigenvalue weighted by Gasteiger charge is -2.15. The van der Waals surface area contributed by atoms with Crippen LogP contribution in [0.2, 0.25) is 0 Å². The zero-order chi connectivity index (χ0) is 26.0. The number of nitrogens with zero attached hydrogens (tertiary/aromatic N) is 2. The van der Waals surface area contributed by atoms with Gasteiger partial charge in [0, 0.05) is 20.3 Å². The van der Waals surface area contributed by atoms with Crippen molar-refractivity contribution in [2.75, 3.05) is 34.0 Å². The number of carbonyl (C=O) groups excluding carboxylic acids is 1. The van der Waals surface area contributed by atoms with Crippen LogP contribution in [0.15, 0.2) is 62.7 Å². The number of amidine groups is 1. The van der Waals surface area contributed by atoms with E-state index in [9.17, 15) is 13.2 Å². The number of methoxy groups -OCH3 is 2. The molecule has 10 heteroatoms. The summed E-state index contributed by atoms with van der Waals surface area (Å²) in [7, 11) is -0.837. The Hall–Kier alpha value is -2.82. The van der Waals surface area contributed by atoms with Crippen molar-refractivity contribution < 1.29 is 27.4 Å². The van der Waals surface area contributed by atoms with Gasteiger partial charge in [-0.2, -0.15) is 8.42 Å². The lowest BCUT2D eigenvalue weighted by Crippen LogP contribution is -2.31. The van der Waals surface area contributed by atoms with Gasteiger partial charge in [0.2, 0.25) is 0 Å². The molecule has 1 fully saturated rings. The summed E-state index contributed by atoms with van der Waals surface area (Å²) < 4.78 is 46.2. The topological polar surface area (TPSA) is 94.5 Å². The molecule has 1 heterocycles. The number of sulfonamides is 1. The number of hydrogen-bond donors (Lipinski definition) is 0. The molecule has 1 amide bonds. The number of amides is 1. The normalized spacial score (nSPS) is 16.2. The Kier molecular flexibility index (Phi) is 10.4. The van der Waals surface area contributed by atoms with Crippen LogP contribution in [0.5, 0.6) is 11.5 Å². The number of thioether (sulfide) groups is 1. The highest BCUT2D eigenvalue weighted by molar-refractivity contribution is 8.19. The van der Waals surface area contributed by atoms with Crippen molar-refractivity contribution in [2.24, 2.45) is 4.40 Å². The van der Waals surface area contributed by atoms with Crippen molar-refractivity contribution >= 4 is 38.9 Å². The maximum Gasteiger partial charge on any atom is 0.284 e. The van der Waals surface area contributed by atoms with Gasteiger partial charge in [-0.25, -0.2) is 0 Å². The lowest BCUT2D eigenvalue weighted by molar-refractivity contribution is -0.122. The fourth-order valence-electron chi connectivity index (χ4n) is 3.47. The molecule has 36 heavy (non-hydrogen) atoms. The summed E-state index contributed by atoms with van der Waals surface area (Å²) in [6.45, 7) is 3.46. The summed E-state index contributed by atoms with van der Waals surface area (Å²) in [5.41, 5.74) is 0.729. The molecule has 2 aromatic carbocycles. The third-order valence-corrected chi connectivity index (χ3v) is 7.75. The predicted molar refractivity (Wildman–Crippen MR) is 143 cm³/mol. The van der Waals surface area contributed by atoms with Gasteiger partial charge in [-0.1, -0.05) is 44.0 Å². The molecular formula is C26H32N2O6S2. The summed E-state index contributed by atoms with van der Waals surface area (Å²) in [5, 5.41) is 0.119. The molecule has 0 bridgehead atoms. The molecule has 0 saturated carbocycles. The summed E-state index contributed by atoms with van der Waals surface area (Å²) in [4.78, 5) is 15.1. The monoisotopic (exact) mass is 532 g/mol. The van der Waals surface area contributed by atoms with Crippen molar-refractivity contribution in [3.63, 3.8) is 0 Å². The molecular weight excluding hydrogens is 500 g/mol. The van der Waals surface area contributed by atoms with E-state index in [1.54, 1.807) is 44.6 Å². The third-order valence-electron chi connectivity index (χ3n) is 5.35. The number of ether oxygens (including phenoxy) is 3. The van der Waals surface area contributed by atoms with Gasteiger partial charge in [0.25, 0.3) is 15.9 Å². The first-order valence-corrected chi connectivity index (χ1v) is 14.1. The van der Waals surface area contributed by atoms with Crippen LogP contribution in [0.4, 0.5) is 0 Å². The minimum Gasteiger partial charge on any atom is -0.493 e. The van der Waals surface area contributed by atoms with E-state index >= 15 is 0 Å². The molecule has 1 aliphatic heterocycles. The van der Waals surface area contributed by atoms with Crippen LogP contribution in [0.3, 0.4) is 0 Å². The van der Waals surface area contributed by atoms with Gasteiger partial charge in [0.1, 0.15) is 0 Å². The van der Waals surface area contributed by atoms with E-state index in [4.69, 9.17) is 14.2 Å². The van der Waals surface area contributed by atoms with Crippen LogP contribution in [0, 0.1) is 0 Å². The second-order valence-corrected chi connectivity index (χ2v) is 10.7. The maximum absolute atomic E-state index is 13.2. The van der Waals surface area contributed by atoms with E-state index in [0.717, 1.165) is 36.6 Å². The van der Waals surface area contributed by atoms with Gasteiger partial charge in [-0.3, -0.25) is 9.69 Å². The van der Waals surface area contributed by atoms with E-state index < -0.39 is 10.0 Å². The molecule has 8 nitrogen and oxygen atoms in total. The Morgan fingerprint density at radius 3 is 2.47 bits per heavy atom. The van der Waals surface area contributed by atoms with Crippen LogP contribution in [0.1, 0.15) is 38.2 Å². The quantitative estimate of drug-likeness (QED) is 0.266. The van der Waals surface area contributed by atoms with Crippen LogP contribution >= 0.6 is 11.8 Å². The van der Waals surface area contributed by atoms with E-state index in [0.29, 0.717) is 36.0 Å². The van der Waals surface area contributed by atoms with Crippen LogP contribution < -0.4 is 9.47 Å². The zero-order valence-electron chi connectivity index (χ0n) is 20.8. The maximum atomic E-state index is 13.2. The van der Waals surface area contributed by atoms with Gasteiger partial charge in [-0.15, -0.1) is 4.40 Å². The second kappa shape index (κ2) is 13.5. The summed E-state index contributed by atoms with van der Waals surface area (Å²) in [6.07, 6.45) is 5.41. The van der Waals surface area contributed by atoms with Crippen molar-refractivity contribution in [2.45, 2.75) is 37.5 Å². The number of benzene rings is 2. The molecule has 0 atom stereocenters. The first kappa shape index (κ1) is 27.8. The van der Waals surface area contributed by atoms with E-state index in [1.807, 2.05) is 12.1 Å². The van der Waals surface area contributed by atoms with Crippen LogP contribution in [0.25, 0.3) is 6.08 Å². The standard InChI is InChI=1S/C26H32N2O6S2/c1-4-5-9-17-34-22-14-13-20(18-23(22)33-3)19-24-25(29)28(15-10-16-32-2)26(35-24)27-36(30,31)21-11-7-6-8-12-21/h6-8,11-14,18-19H,4-5,9-10,15-17H2,1-3H3/b24-19-,27-26+.